The summed E-state index contributed by atoms with van der Waals surface area (Å²) in [6.07, 6.45) is 0. The number of Topliss-reactive ketones (excluding diaryl/α,β-unsaturated/α-hetero) is 1. The number of aromatic nitrogens is 1. The lowest BCUT2D eigenvalue weighted by atomic mass is 10.2. The number of pyridine rings is 1. The van der Waals surface area contributed by atoms with Crippen LogP contribution < -0.4 is 0 Å². The first-order valence-electron chi connectivity index (χ1n) is 4.61. The number of rotatable bonds is 1. The van der Waals surface area contributed by atoms with Gasteiger partial charge in [0.2, 0.25) is 0 Å². The van der Waals surface area contributed by atoms with Gasteiger partial charge in [-0.25, -0.2) is 0 Å². The molecule has 0 saturated carbocycles. The Morgan fingerprint density at radius 3 is 2.71 bits per heavy atom. The Kier molecular flexibility index (Phi) is 1.27. The average molecular weight is 183 g/mol. The molecule has 0 saturated heterocycles. The van der Waals surface area contributed by atoms with E-state index in [-0.39, 0.29) is 5.78 Å². The Labute approximate surface area is 81.1 Å². The molecule has 0 aliphatic heterocycles. The van der Waals surface area contributed by atoms with Crippen molar-refractivity contribution in [2.75, 3.05) is 0 Å². The molecule has 0 N–H and O–H groups in total. The molecular formula is C12H9NO. The molecule has 0 unspecified atom stereocenters. The van der Waals surface area contributed by atoms with Crippen molar-refractivity contribution >= 4 is 22.3 Å². The predicted molar refractivity (Wildman–Crippen MR) is 56.1 cm³/mol. The van der Waals surface area contributed by atoms with Crippen LogP contribution in [0.1, 0.15) is 17.3 Å². The van der Waals surface area contributed by atoms with E-state index in [1.54, 1.807) is 6.92 Å². The van der Waals surface area contributed by atoms with Gasteiger partial charge in [-0.3, -0.25) is 4.79 Å². The van der Waals surface area contributed by atoms with Crippen molar-refractivity contribution in [2.24, 2.45) is 0 Å². The third-order valence-electron chi connectivity index (χ3n) is 2.65. The van der Waals surface area contributed by atoms with Crippen LogP contribution in [0, 0.1) is 0 Å². The van der Waals surface area contributed by atoms with Gasteiger partial charge in [0.25, 0.3) is 0 Å². The van der Waals surface area contributed by atoms with Crippen molar-refractivity contribution in [3.05, 3.63) is 42.0 Å². The summed E-state index contributed by atoms with van der Waals surface area (Å²) in [4.78, 5) is 11.4. The summed E-state index contributed by atoms with van der Waals surface area (Å²) in [5.41, 5.74) is 4.06. The minimum atomic E-state index is 0.126. The van der Waals surface area contributed by atoms with Crippen molar-refractivity contribution in [3.8, 4) is 0 Å². The Morgan fingerprint density at radius 1 is 1.14 bits per heavy atom. The van der Waals surface area contributed by atoms with Crippen LogP contribution in [0.15, 0.2) is 36.4 Å². The molecule has 2 nitrogen and oxygen atoms in total. The number of hydrogen-bond acceptors (Lipinski definition) is 1. The van der Waals surface area contributed by atoms with E-state index in [4.69, 9.17) is 0 Å². The molecule has 0 amide bonds. The van der Waals surface area contributed by atoms with Gasteiger partial charge in [0.15, 0.2) is 5.78 Å². The Bertz CT molecular complexity index is 616. The van der Waals surface area contributed by atoms with E-state index >= 15 is 0 Å². The lowest BCUT2D eigenvalue weighted by Gasteiger charge is -1.96. The van der Waals surface area contributed by atoms with Crippen molar-refractivity contribution in [1.29, 1.82) is 0 Å². The Morgan fingerprint density at radius 2 is 1.93 bits per heavy atom. The average Bonchev–Trinajstić information content (AvgIpc) is 2.72. The van der Waals surface area contributed by atoms with Gasteiger partial charge in [-0.15, -0.1) is 0 Å². The van der Waals surface area contributed by atoms with Gasteiger partial charge in [-0.2, -0.15) is 0 Å². The summed E-state index contributed by atoms with van der Waals surface area (Å²) in [7, 11) is 0. The molecule has 68 valence electrons. The number of carbonyl (C=O) groups excluding carboxylic acids is 1. The van der Waals surface area contributed by atoms with E-state index in [2.05, 4.69) is 10.5 Å². The fourth-order valence-corrected chi connectivity index (χ4v) is 2.02. The zero-order chi connectivity index (χ0) is 9.71. The van der Waals surface area contributed by atoms with Crippen LogP contribution in [0.4, 0.5) is 0 Å². The van der Waals surface area contributed by atoms with Crippen molar-refractivity contribution in [1.82, 2.24) is 4.40 Å². The highest BCUT2D eigenvalue weighted by molar-refractivity contribution is 6.04. The van der Waals surface area contributed by atoms with E-state index in [1.807, 2.05) is 30.3 Å². The Balaban J connectivity index is 2.59. The molecule has 0 spiro atoms. The molecule has 0 fully saturated rings. The molecule has 14 heavy (non-hydrogen) atoms. The molecule has 3 heterocycles. The number of nitrogens with zero attached hydrogens (tertiary/aromatic N) is 1. The highest BCUT2D eigenvalue weighted by Crippen LogP contribution is 2.23. The first-order chi connectivity index (χ1) is 6.77. The van der Waals surface area contributed by atoms with Crippen molar-refractivity contribution in [2.45, 2.75) is 6.92 Å². The summed E-state index contributed by atoms with van der Waals surface area (Å²) in [5.74, 6) is 0.126. The smallest absolute Gasteiger partial charge is 0.161 e. The molecular weight excluding hydrogens is 174 g/mol. The van der Waals surface area contributed by atoms with Crippen LogP contribution >= 0.6 is 0 Å². The lowest BCUT2D eigenvalue weighted by molar-refractivity contribution is 0.101. The second-order valence-corrected chi connectivity index (χ2v) is 3.54. The number of ketones is 1. The molecule has 0 aliphatic rings. The monoisotopic (exact) mass is 183 g/mol. The molecule has 0 bridgehead atoms. The first kappa shape index (κ1) is 7.56. The number of carbonyl (C=O) groups is 1. The molecule has 0 aliphatic carbocycles. The molecule has 0 atom stereocenters. The van der Waals surface area contributed by atoms with E-state index in [1.165, 1.54) is 0 Å². The van der Waals surface area contributed by atoms with E-state index in [0.717, 1.165) is 22.1 Å². The van der Waals surface area contributed by atoms with Crippen LogP contribution in [-0.2, 0) is 0 Å². The van der Waals surface area contributed by atoms with Crippen LogP contribution in [0.25, 0.3) is 16.6 Å². The maximum Gasteiger partial charge on any atom is 0.161 e. The maximum absolute atomic E-state index is 11.4. The maximum atomic E-state index is 11.4. The zero-order valence-electron chi connectivity index (χ0n) is 7.82. The van der Waals surface area contributed by atoms with Crippen molar-refractivity contribution < 1.29 is 4.79 Å². The minimum Gasteiger partial charge on any atom is -0.310 e. The molecule has 0 radical (unpaired) electrons. The summed E-state index contributed by atoms with van der Waals surface area (Å²) < 4.78 is 2.11. The zero-order valence-corrected chi connectivity index (χ0v) is 7.82. The SMILES string of the molecule is CC(=O)c1cc2ccc3cccc1n32. The molecule has 0 aromatic carbocycles. The predicted octanol–water partition coefficient (Wildman–Crippen LogP) is 2.73. The summed E-state index contributed by atoms with van der Waals surface area (Å²) >= 11 is 0. The third kappa shape index (κ3) is 0.777. The molecule has 3 aromatic heterocycles. The van der Waals surface area contributed by atoms with E-state index < -0.39 is 0 Å². The van der Waals surface area contributed by atoms with Gasteiger partial charge in [0.1, 0.15) is 0 Å². The fraction of sp³-hybridized carbons (Fsp3) is 0.0833. The van der Waals surface area contributed by atoms with Gasteiger partial charge in [-0.05, 0) is 37.3 Å². The van der Waals surface area contributed by atoms with Crippen LogP contribution in [0.2, 0.25) is 0 Å². The Hall–Kier alpha value is -1.83. The summed E-state index contributed by atoms with van der Waals surface area (Å²) in [5, 5.41) is 0. The van der Waals surface area contributed by atoms with Gasteiger partial charge < -0.3 is 4.40 Å². The summed E-state index contributed by atoms with van der Waals surface area (Å²) in [6, 6.07) is 12.1. The van der Waals surface area contributed by atoms with Gasteiger partial charge in [0.05, 0.1) is 5.52 Å². The van der Waals surface area contributed by atoms with Crippen LogP contribution in [0.5, 0.6) is 0 Å². The van der Waals surface area contributed by atoms with Gasteiger partial charge in [-0.1, -0.05) is 6.07 Å². The van der Waals surface area contributed by atoms with Gasteiger partial charge in [0, 0.05) is 16.6 Å². The summed E-state index contributed by atoms with van der Waals surface area (Å²) in [6.45, 7) is 1.61. The second kappa shape index (κ2) is 2.35. The van der Waals surface area contributed by atoms with E-state index in [9.17, 15) is 4.79 Å². The van der Waals surface area contributed by atoms with E-state index in [0.29, 0.717) is 0 Å². The lowest BCUT2D eigenvalue weighted by Crippen LogP contribution is -1.90. The number of hydrogen-bond donors (Lipinski definition) is 0. The minimum absolute atomic E-state index is 0.126. The normalized spacial score (nSPS) is 11.5. The van der Waals surface area contributed by atoms with Gasteiger partial charge >= 0.3 is 0 Å². The standard InChI is InChI=1S/C12H9NO/c1-8(14)11-7-10-6-5-9-3-2-4-12(11)13(9)10/h2-7H,1H3. The van der Waals surface area contributed by atoms with Crippen LogP contribution in [-0.4, -0.2) is 10.2 Å². The quantitative estimate of drug-likeness (QED) is 0.531. The highest BCUT2D eigenvalue weighted by atomic mass is 16.1. The van der Waals surface area contributed by atoms with Crippen molar-refractivity contribution in [3.63, 3.8) is 0 Å². The highest BCUT2D eigenvalue weighted by Gasteiger charge is 2.11. The van der Waals surface area contributed by atoms with Crippen LogP contribution in [0.3, 0.4) is 0 Å². The first-order valence-corrected chi connectivity index (χ1v) is 4.61. The third-order valence-corrected chi connectivity index (χ3v) is 2.65. The topological polar surface area (TPSA) is 21.5 Å². The largest absolute Gasteiger partial charge is 0.310 e. The molecule has 3 aromatic rings. The fourth-order valence-electron chi connectivity index (χ4n) is 2.02. The second-order valence-electron chi connectivity index (χ2n) is 3.54. The molecule has 2 heteroatoms. The molecule has 3 rings (SSSR count).